The Bertz CT molecular complexity index is 637. The van der Waals surface area contributed by atoms with Crippen molar-refractivity contribution in [1.82, 2.24) is 10.2 Å². The predicted molar refractivity (Wildman–Crippen MR) is 79.0 cm³/mol. The van der Waals surface area contributed by atoms with Crippen molar-refractivity contribution in [2.75, 3.05) is 6.61 Å². The highest BCUT2D eigenvalue weighted by Crippen LogP contribution is 2.31. The smallest absolute Gasteiger partial charge is 0.309 e. The molecular formula is C14H15BrN2O3. The van der Waals surface area contributed by atoms with Crippen molar-refractivity contribution in [3.8, 4) is 17.0 Å². The molecule has 0 aliphatic carbocycles. The number of benzene rings is 1. The van der Waals surface area contributed by atoms with E-state index in [0.717, 1.165) is 16.9 Å². The number of halogens is 1. The molecule has 0 saturated heterocycles. The Morgan fingerprint density at radius 2 is 2.25 bits per heavy atom. The minimum Gasteiger partial charge on any atom is -0.494 e. The number of ether oxygens (including phenoxy) is 1. The monoisotopic (exact) mass is 338 g/mol. The Morgan fingerprint density at radius 3 is 2.85 bits per heavy atom. The molecule has 5 nitrogen and oxygen atoms in total. The molecular weight excluding hydrogens is 324 g/mol. The van der Waals surface area contributed by atoms with Gasteiger partial charge in [0.05, 0.1) is 23.2 Å². The fourth-order valence-electron chi connectivity index (χ4n) is 1.94. The fourth-order valence-corrected chi connectivity index (χ4v) is 2.48. The van der Waals surface area contributed by atoms with Gasteiger partial charge in [0, 0.05) is 5.56 Å². The van der Waals surface area contributed by atoms with E-state index in [-0.39, 0.29) is 6.42 Å². The van der Waals surface area contributed by atoms with E-state index in [0.29, 0.717) is 22.5 Å². The number of carboxylic acids is 1. The third kappa shape index (κ3) is 3.01. The number of H-pyrrole nitrogens is 1. The second kappa shape index (κ2) is 6.09. The highest BCUT2D eigenvalue weighted by Gasteiger charge is 2.15. The Labute approximate surface area is 125 Å². The van der Waals surface area contributed by atoms with Crippen LogP contribution in [0.5, 0.6) is 5.75 Å². The van der Waals surface area contributed by atoms with Crippen molar-refractivity contribution in [3.63, 3.8) is 0 Å². The first-order valence-corrected chi connectivity index (χ1v) is 7.00. The summed E-state index contributed by atoms with van der Waals surface area (Å²) in [4.78, 5) is 10.8. The largest absolute Gasteiger partial charge is 0.494 e. The zero-order valence-electron chi connectivity index (χ0n) is 11.2. The molecule has 2 rings (SSSR count). The summed E-state index contributed by atoms with van der Waals surface area (Å²) >= 11 is 3.40. The minimum absolute atomic E-state index is 0.0937. The van der Waals surface area contributed by atoms with Crippen molar-refractivity contribution >= 4 is 21.9 Å². The molecule has 0 radical (unpaired) electrons. The van der Waals surface area contributed by atoms with E-state index in [1.807, 2.05) is 32.0 Å². The lowest BCUT2D eigenvalue weighted by Gasteiger charge is -2.08. The summed E-state index contributed by atoms with van der Waals surface area (Å²) in [7, 11) is 0. The van der Waals surface area contributed by atoms with Crippen molar-refractivity contribution in [2.45, 2.75) is 20.3 Å². The summed E-state index contributed by atoms with van der Waals surface area (Å²) in [5.74, 6) is -0.0579. The molecule has 0 aliphatic heterocycles. The SMILES string of the molecule is CCOc1ccc(-c2n[nH]c(CC(=O)O)c2Br)cc1C. The number of aromatic amines is 1. The highest BCUT2D eigenvalue weighted by atomic mass is 79.9. The number of aromatic nitrogens is 2. The van der Waals surface area contributed by atoms with Crippen LogP contribution in [0.3, 0.4) is 0 Å². The maximum absolute atomic E-state index is 10.8. The number of hydrogen-bond acceptors (Lipinski definition) is 3. The standard InChI is InChI=1S/C14H15BrN2O3/c1-3-20-11-5-4-9(6-8(11)2)14-13(15)10(16-17-14)7-12(18)19/h4-6H,3,7H2,1-2H3,(H,16,17)(H,18,19). The fraction of sp³-hybridized carbons (Fsp3) is 0.286. The number of nitrogens with zero attached hydrogens (tertiary/aromatic N) is 1. The Kier molecular flexibility index (Phi) is 4.44. The van der Waals surface area contributed by atoms with Crippen LogP contribution in [-0.2, 0) is 11.2 Å². The molecule has 1 aromatic heterocycles. The van der Waals surface area contributed by atoms with Gasteiger partial charge in [-0.2, -0.15) is 5.10 Å². The molecule has 0 saturated carbocycles. The number of carboxylic acid groups (broad SMARTS) is 1. The number of hydrogen-bond donors (Lipinski definition) is 2. The third-order valence-corrected chi connectivity index (χ3v) is 3.71. The van der Waals surface area contributed by atoms with Crippen LogP contribution < -0.4 is 4.74 Å². The molecule has 0 unspecified atom stereocenters. The molecule has 0 spiro atoms. The van der Waals surface area contributed by atoms with Gasteiger partial charge in [-0.25, -0.2) is 0 Å². The summed E-state index contributed by atoms with van der Waals surface area (Å²) in [5, 5.41) is 15.8. The van der Waals surface area contributed by atoms with E-state index in [9.17, 15) is 4.79 Å². The molecule has 0 fully saturated rings. The highest BCUT2D eigenvalue weighted by molar-refractivity contribution is 9.10. The second-order valence-corrected chi connectivity index (χ2v) is 5.14. The number of rotatable bonds is 5. The van der Waals surface area contributed by atoms with Gasteiger partial charge in [-0.05, 0) is 53.5 Å². The van der Waals surface area contributed by atoms with Gasteiger partial charge in [-0.15, -0.1) is 0 Å². The zero-order chi connectivity index (χ0) is 14.7. The molecule has 0 amide bonds. The van der Waals surface area contributed by atoms with Gasteiger partial charge < -0.3 is 9.84 Å². The van der Waals surface area contributed by atoms with Crippen LogP contribution in [0.15, 0.2) is 22.7 Å². The number of carbonyl (C=O) groups is 1. The molecule has 0 bridgehead atoms. The van der Waals surface area contributed by atoms with Crippen LogP contribution in [0.4, 0.5) is 0 Å². The van der Waals surface area contributed by atoms with Crippen LogP contribution in [0.25, 0.3) is 11.3 Å². The molecule has 0 atom stereocenters. The molecule has 1 aromatic carbocycles. The first-order chi connectivity index (χ1) is 9.52. The van der Waals surface area contributed by atoms with Gasteiger partial charge in [0.2, 0.25) is 0 Å². The van der Waals surface area contributed by atoms with Gasteiger partial charge in [-0.3, -0.25) is 9.89 Å². The maximum atomic E-state index is 10.8. The Balaban J connectivity index is 2.34. The van der Waals surface area contributed by atoms with Crippen LogP contribution in [0.1, 0.15) is 18.2 Å². The first-order valence-electron chi connectivity index (χ1n) is 6.21. The van der Waals surface area contributed by atoms with E-state index < -0.39 is 5.97 Å². The van der Waals surface area contributed by atoms with Gasteiger partial charge in [-0.1, -0.05) is 0 Å². The molecule has 1 heterocycles. The second-order valence-electron chi connectivity index (χ2n) is 4.35. The van der Waals surface area contributed by atoms with Crippen LogP contribution in [-0.4, -0.2) is 27.9 Å². The van der Waals surface area contributed by atoms with Crippen LogP contribution in [0, 0.1) is 6.92 Å². The summed E-state index contributed by atoms with van der Waals surface area (Å²) in [6.07, 6.45) is -0.0937. The van der Waals surface area contributed by atoms with E-state index >= 15 is 0 Å². The average Bonchev–Trinajstić information content (AvgIpc) is 2.73. The van der Waals surface area contributed by atoms with E-state index in [1.54, 1.807) is 0 Å². The topological polar surface area (TPSA) is 75.2 Å². The Morgan fingerprint density at radius 1 is 1.50 bits per heavy atom. The summed E-state index contributed by atoms with van der Waals surface area (Å²) in [6, 6.07) is 5.77. The summed E-state index contributed by atoms with van der Waals surface area (Å²) < 4.78 is 6.18. The lowest BCUT2D eigenvalue weighted by molar-refractivity contribution is -0.136. The van der Waals surface area contributed by atoms with E-state index in [2.05, 4.69) is 26.1 Å². The molecule has 0 aliphatic rings. The quantitative estimate of drug-likeness (QED) is 0.877. The molecule has 2 aromatic rings. The maximum Gasteiger partial charge on any atom is 0.309 e. The summed E-state index contributed by atoms with van der Waals surface area (Å²) in [6.45, 7) is 4.53. The zero-order valence-corrected chi connectivity index (χ0v) is 12.8. The van der Waals surface area contributed by atoms with Crippen LogP contribution >= 0.6 is 15.9 Å². The van der Waals surface area contributed by atoms with Crippen molar-refractivity contribution in [3.05, 3.63) is 33.9 Å². The lowest BCUT2D eigenvalue weighted by atomic mass is 10.1. The molecule has 20 heavy (non-hydrogen) atoms. The summed E-state index contributed by atoms with van der Waals surface area (Å²) in [5.41, 5.74) is 3.18. The van der Waals surface area contributed by atoms with Gasteiger partial charge in [0.25, 0.3) is 0 Å². The molecule has 6 heteroatoms. The average molecular weight is 339 g/mol. The van der Waals surface area contributed by atoms with Gasteiger partial charge in [0.15, 0.2) is 0 Å². The predicted octanol–water partition coefficient (Wildman–Crippen LogP) is 3.17. The third-order valence-electron chi connectivity index (χ3n) is 2.85. The number of nitrogens with one attached hydrogen (secondary N) is 1. The first kappa shape index (κ1) is 14.6. The van der Waals surface area contributed by atoms with Crippen molar-refractivity contribution < 1.29 is 14.6 Å². The number of aryl methyl sites for hydroxylation is 1. The Hall–Kier alpha value is -1.82. The number of aliphatic carboxylic acids is 1. The van der Waals surface area contributed by atoms with Crippen molar-refractivity contribution in [1.29, 1.82) is 0 Å². The van der Waals surface area contributed by atoms with Gasteiger partial charge in [0.1, 0.15) is 11.4 Å². The van der Waals surface area contributed by atoms with E-state index in [1.165, 1.54) is 0 Å². The normalized spacial score (nSPS) is 10.6. The van der Waals surface area contributed by atoms with Crippen LogP contribution in [0.2, 0.25) is 0 Å². The molecule has 2 N–H and O–H groups in total. The van der Waals surface area contributed by atoms with E-state index in [4.69, 9.17) is 9.84 Å². The lowest BCUT2D eigenvalue weighted by Crippen LogP contribution is -2.00. The molecule has 106 valence electrons. The minimum atomic E-state index is -0.899. The van der Waals surface area contributed by atoms with Crippen molar-refractivity contribution in [2.24, 2.45) is 0 Å². The van der Waals surface area contributed by atoms with Gasteiger partial charge >= 0.3 is 5.97 Å².